The Morgan fingerprint density at radius 3 is 3.00 bits per heavy atom. The molecule has 2 bridgehead atoms. The minimum atomic E-state index is 0.981. The van der Waals surface area contributed by atoms with Crippen molar-refractivity contribution in [1.82, 2.24) is 0 Å². The normalized spacial score (nSPS) is 27.2. The van der Waals surface area contributed by atoms with Gasteiger partial charge in [0.2, 0.25) is 0 Å². The maximum atomic E-state index is 2.30. The Bertz CT molecular complexity index is 301. The molecule has 61 valence electrons. The summed E-state index contributed by atoms with van der Waals surface area (Å²) in [4.78, 5) is 0. The average Bonchev–Trinajstić information content (AvgIpc) is 2.49. The summed E-state index contributed by atoms with van der Waals surface area (Å²) in [6.07, 6.45) is 5.52. The van der Waals surface area contributed by atoms with Gasteiger partial charge in [-0.25, -0.2) is 0 Å². The summed E-state index contributed by atoms with van der Waals surface area (Å²) >= 11 is 0. The van der Waals surface area contributed by atoms with Crippen molar-refractivity contribution in [2.24, 2.45) is 5.92 Å². The summed E-state index contributed by atoms with van der Waals surface area (Å²) in [5.74, 6) is 2.71. The van der Waals surface area contributed by atoms with Crippen molar-refractivity contribution < 1.29 is 0 Å². The van der Waals surface area contributed by atoms with Crippen LogP contribution in [0.2, 0.25) is 0 Å². The van der Waals surface area contributed by atoms with E-state index in [4.69, 9.17) is 0 Å². The molecule has 0 heterocycles. The monoisotopic (exact) mass is 157 g/mol. The van der Waals surface area contributed by atoms with Gasteiger partial charge in [0.1, 0.15) is 0 Å². The zero-order valence-electron chi connectivity index (χ0n) is 7.22. The first-order valence-corrected chi connectivity index (χ1v) is 4.86. The van der Waals surface area contributed by atoms with E-state index in [0.29, 0.717) is 0 Å². The molecule has 1 aromatic carbocycles. The van der Waals surface area contributed by atoms with E-state index in [1.54, 1.807) is 17.0 Å². The SMILES string of the molecule is c1ccc2c(c1)CC1CC[C]2C1. The second-order valence-electron chi connectivity index (χ2n) is 4.07. The van der Waals surface area contributed by atoms with Gasteiger partial charge in [-0.05, 0) is 42.7 Å². The molecule has 0 aromatic heterocycles. The number of hydrogen-bond acceptors (Lipinski definition) is 0. The third-order valence-electron chi connectivity index (χ3n) is 3.30. The van der Waals surface area contributed by atoms with Gasteiger partial charge in [-0.1, -0.05) is 24.3 Å². The maximum Gasteiger partial charge on any atom is 0.00556 e. The lowest BCUT2D eigenvalue weighted by molar-refractivity contribution is 0.539. The lowest BCUT2D eigenvalue weighted by Crippen LogP contribution is -2.10. The van der Waals surface area contributed by atoms with E-state index in [9.17, 15) is 0 Å². The van der Waals surface area contributed by atoms with Gasteiger partial charge in [-0.2, -0.15) is 0 Å². The molecule has 1 fully saturated rings. The molecule has 0 N–H and O–H groups in total. The van der Waals surface area contributed by atoms with Crippen LogP contribution in [0.1, 0.15) is 30.4 Å². The van der Waals surface area contributed by atoms with Gasteiger partial charge in [-0.3, -0.25) is 0 Å². The Kier molecular flexibility index (Phi) is 1.31. The Morgan fingerprint density at radius 1 is 1.08 bits per heavy atom. The second kappa shape index (κ2) is 2.35. The molecule has 0 aliphatic heterocycles. The van der Waals surface area contributed by atoms with Gasteiger partial charge in [0.05, 0.1) is 0 Å². The molecular weight excluding hydrogens is 144 g/mol. The van der Waals surface area contributed by atoms with Crippen LogP contribution in [0.5, 0.6) is 0 Å². The van der Waals surface area contributed by atoms with E-state index in [2.05, 4.69) is 24.3 Å². The van der Waals surface area contributed by atoms with Crippen molar-refractivity contribution in [1.29, 1.82) is 0 Å². The van der Waals surface area contributed by atoms with Crippen molar-refractivity contribution in [2.75, 3.05) is 0 Å². The fourth-order valence-electron chi connectivity index (χ4n) is 2.70. The van der Waals surface area contributed by atoms with E-state index in [0.717, 1.165) is 5.92 Å². The van der Waals surface area contributed by atoms with E-state index < -0.39 is 0 Å². The van der Waals surface area contributed by atoms with E-state index in [-0.39, 0.29) is 0 Å². The smallest absolute Gasteiger partial charge is 0.00556 e. The number of fused-ring (bicyclic) bond motifs is 4. The summed E-state index contributed by atoms with van der Waals surface area (Å²) in [6.45, 7) is 0. The molecule has 1 saturated carbocycles. The molecule has 2 aliphatic rings. The van der Waals surface area contributed by atoms with Crippen LogP contribution in [0, 0.1) is 11.8 Å². The molecule has 3 rings (SSSR count). The molecule has 1 aromatic rings. The van der Waals surface area contributed by atoms with Crippen LogP contribution in [0.4, 0.5) is 0 Å². The molecular formula is C12H13. The van der Waals surface area contributed by atoms with Gasteiger partial charge in [0.15, 0.2) is 0 Å². The minimum absolute atomic E-state index is 0.981. The van der Waals surface area contributed by atoms with E-state index in [1.165, 1.54) is 25.7 Å². The predicted molar refractivity (Wildman–Crippen MR) is 49.8 cm³/mol. The van der Waals surface area contributed by atoms with Crippen molar-refractivity contribution in [3.8, 4) is 0 Å². The molecule has 1 atom stereocenters. The van der Waals surface area contributed by atoms with Crippen LogP contribution in [0.25, 0.3) is 0 Å². The van der Waals surface area contributed by atoms with Gasteiger partial charge in [-0.15, -0.1) is 0 Å². The molecule has 0 nitrogen and oxygen atoms in total. The largest absolute Gasteiger partial charge is 0.0620 e. The van der Waals surface area contributed by atoms with Crippen LogP contribution in [0.15, 0.2) is 24.3 Å². The predicted octanol–water partition coefficient (Wildman–Crippen LogP) is 2.97. The molecule has 0 saturated heterocycles. The fraction of sp³-hybridized carbons (Fsp3) is 0.417. The third kappa shape index (κ3) is 0.841. The highest BCUT2D eigenvalue weighted by molar-refractivity contribution is 5.43. The van der Waals surface area contributed by atoms with Gasteiger partial charge in [0, 0.05) is 5.92 Å². The maximum absolute atomic E-state index is 2.30. The molecule has 0 amide bonds. The van der Waals surface area contributed by atoms with E-state index >= 15 is 0 Å². The standard InChI is InChI=1S/C12H13/c1-2-4-12-10(3-1)7-9-5-6-11(12)8-9/h1-4,9H,5-8H2. The summed E-state index contributed by atoms with van der Waals surface area (Å²) in [7, 11) is 0. The summed E-state index contributed by atoms with van der Waals surface area (Å²) in [5, 5.41) is 0. The Balaban J connectivity index is 2.13. The minimum Gasteiger partial charge on any atom is -0.0620 e. The van der Waals surface area contributed by atoms with Crippen LogP contribution in [-0.2, 0) is 6.42 Å². The van der Waals surface area contributed by atoms with Crippen molar-refractivity contribution >= 4 is 0 Å². The van der Waals surface area contributed by atoms with E-state index in [1.807, 2.05) is 0 Å². The van der Waals surface area contributed by atoms with Crippen LogP contribution in [0.3, 0.4) is 0 Å². The quantitative estimate of drug-likeness (QED) is 0.543. The highest BCUT2D eigenvalue weighted by atomic mass is 14.4. The lowest BCUT2D eigenvalue weighted by atomic mass is 9.83. The molecule has 12 heavy (non-hydrogen) atoms. The summed E-state index contributed by atoms with van der Waals surface area (Å²) in [5.41, 5.74) is 3.17. The van der Waals surface area contributed by atoms with Crippen LogP contribution in [-0.4, -0.2) is 0 Å². The molecule has 1 unspecified atom stereocenters. The van der Waals surface area contributed by atoms with Gasteiger partial charge in [0.25, 0.3) is 0 Å². The first-order chi connectivity index (χ1) is 5.93. The van der Waals surface area contributed by atoms with Crippen molar-refractivity contribution in [2.45, 2.75) is 25.7 Å². The first kappa shape index (κ1) is 6.71. The first-order valence-electron chi connectivity index (χ1n) is 4.86. The third-order valence-corrected chi connectivity index (χ3v) is 3.30. The second-order valence-corrected chi connectivity index (χ2v) is 4.07. The Labute approximate surface area is 73.6 Å². The number of hydrogen-bond donors (Lipinski definition) is 0. The topological polar surface area (TPSA) is 0 Å². The summed E-state index contributed by atoms with van der Waals surface area (Å²) < 4.78 is 0. The van der Waals surface area contributed by atoms with Gasteiger partial charge < -0.3 is 0 Å². The molecule has 0 spiro atoms. The van der Waals surface area contributed by atoms with Crippen molar-refractivity contribution in [3.63, 3.8) is 0 Å². The molecule has 0 heteroatoms. The van der Waals surface area contributed by atoms with Gasteiger partial charge >= 0.3 is 0 Å². The Morgan fingerprint density at radius 2 is 2.00 bits per heavy atom. The molecule has 1 radical (unpaired) electrons. The highest BCUT2D eigenvalue weighted by Gasteiger charge is 2.32. The number of benzene rings is 1. The highest BCUT2D eigenvalue weighted by Crippen LogP contribution is 2.44. The zero-order chi connectivity index (χ0) is 7.97. The molecule has 2 aliphatic carbocycles. The van der Waals surface area contributed by atoms with Crippen LogP contribution < -0.4 is 0 Å². The Hall–Kier alpha value is -0.780. The van der Waals surface area contributed by atoms with Crippen molar-refractivity contribution in [3.05, 3.63) is 41.3 Å². The fourth-order valence-corrected chi connectivity index (χ4v) is 2.70. The lowest BCUT2D eigenvalue weighted by Gasteiger charge is -2.21. The number of rotatable bonds is 0. The zero-order valence-corrected chi connectivity index (χ0v) is 7.22. The van der Waals surface area contributed by atoms with Crippen LogP contribution >= 0.6 is 0 Å². The summed E-state index contributed by atoms with van der Waals surface area (Å²) in [6, 6.07) is 8.94. The average molecular weight is 157 g/mol.